The van der Waals surface area contributed by atoms with Crippen LogP contribution < -0.4 is 11.1 Å². The van der Waals surface area contributed by atoms with Crippen LogP contribution in [0.25, 0.3) is 10.2 Å². The first-order chi connectivity index (χ1) is 9.63. The minimum Gasteiger partial charge on any atom is -0.397 e. The van der Waals surface area contributed by atoms with Crippen LogP contribution in [0.1, 0.15) is 10.8 Å². The maximum atomic E-state index is 6.07. The van der Waals surface area contributed by atoms with Crippen LogP contribution in [-0.2, 0) is 13.5 Å². The maximum absolute atomic E-state index is 6.07. The highest BCUT2D eigenvalue weighted by molar-refractivity contribution is 7.18. The van der Waals surface area contributed by atoms with Crippen LogP contribution in [0.15, 0.2) is 18.5 Å². The predicted octanol–water partition coefficient (Wildman–Crippen LogP) is 1.97. The van der Waals surface area contributed by atoms with Crippen molar-refractivity contribution in [1.82, 2.24) is 19.7 Å². The number of rotatable bonds is 4. The van der Waals surface area contributed by atoms with Gasteiger partial charge in [0.25, 0.3) is 0 Å². The van der Waals surface area contributed by atoms with Crippen LogP contribution in [-0.4, -0.2) is 26.3 Å². The van der Waals surface area contributed by atoms with E-state index in [9.17, 15) is 0 Å². The van der Waals surface area contributed by atoms with E-state index in [4.69, 9.17) is 5.73 Å². The highest BCUT2D eigenvalue weighted by atomic mass is 32.1. The molecule has 0 fully saturated rings. The second-order valence-corrected chi connectivity index (χ2v) is 5.91. The molecular formula is C13H16N6S. The Labute approximate surface area is 120 Å². The van der Waals surface area contributed by atoms with Crippen molar-refractivity contribution in [2.45, 2.75) is 13.3 Å². The van der Waals surface area contributed by atoms with Crippen LogP contribution in [0, 0.1) is 6.92 Å². The average Bonchev–Trinajstić information content (AvgIpc) is 2.95. The van der Waals surface area contributed by atoms with Crippen LogP contribution in [0.4, 0.5) is 11.4 Å². The molecule has 0 saturated carbocycles. The van der Waals surface area contributed by atoms with Gasteiger partial charge in [-0.15, -0.1) is 21.5 Å². The van der Waals surface area contributed by atoms with E-state index >= 15 is 0 Å². The Morgan fingerprint density at radius 1 is 1.40 bits per heavy atom. The summed E-state index contributed by atoms with van der Waals surface area (Å²) in [6, 6.07) is 3.98. The molecule has 3 rings (SSSR count). The largest absolute Gasteiger partial charge is 0.397 e. The van der Waals surface area contributed by atoms with Crippen molar-refractivity contribution in [2.24, 2.45) is 7.05 Å². The second kappa shape index (κ2) is 5.09. The number of benzene rings is 1. The minimum atomic E-state index is 0.749. The Balaban J connectivity index is 1.73. The number of fused-ring (bicyclic) bond motifs is 1. The molecule has 2 aromatic heterocycles. The molecule has 7 heteroatoms. The summed E-state index contributed by atoms with van der Waals surface area (Å²) >= 11 is 1.66. The van der Waals surface area contributed by atoms with Gasteiger partial charge in [-0.3, -0.25) is 0 Å². The Morgan fingerprint density at radius 2 is 2.25 bits per heavy atom. The number of anilines is 2. The van der Waals surface area contributed by atoms with Crippen LogP contribution in [0.5, 0.6) is 0 Å². The number of nitrogens with two attached hydrogens (primary N) is 1. The van der Waals surface area contributed by atoms with Gasteiger partial charge in [0, 0.05) is 20.0 Å². The van der Waals surface area contributed by atoms with Gasteiger partial charge in [-0.1, -0.05) is 0 Å². The summed E-state index contributed by atoms with van der Waals surface area (Å²) in [7, 11) is 1.94. The third kappa shape index (κ3) is 2.44. The molecule has 20 heavy (non-hydrogen) atoms. The number of hydrogen-bond donors (Lipinski definition) is 2. The Hall–Kier alpha value is -2.15. The molecule has 2 heterocycles. The monoisotopic (exact) mass is 288 g/mol. The van der Waals surface area contributed by atoms with Crippen LogP contribution >= 0.6 is 11.3 Å². The lowest BCUT2D eigenvalue weighted by Crippen LogP contribution is -2.09. The van der Waals surface area contributed by atoms with Gasteiger partial charge in [0.15, 0.2) is 0 Å². The zero-order valence-corrected chi connectivity index (χ0v) is 12.2. The lowest BCUT2D eigenvalue weighted by atomic mass is 10.2. The average molecular weight is 288 g/mol. The number of nitrogens with one attached hydrogen (secondary N) is 1. The van der Waals surface area contributed by atoms with Gasteiger partial charge in [-0.2, -0.15) is 0 Å². The van der Waals surface area contributed by atoms with E-state index in [2.05, 4.69) is 20.5 Å². The molecule has 0 aliphatic rings. The summed E-state index contributed by atoms with van der Waals surface area (Å²) in [4.78, 5) is 4.48. The fourth-order valence-electron chi connectivity index (χ4n) is 2.10. The van der Waals surface area contributed by atoms with E-state index < -0.39 is 0 Å². The Kier molecular flexibility index (Phi) is 3.27. The number of hydrogen-bond acceptors (Lipinski definition) is 6. The molecular weight excluding hydrogens is 272 g/mol. The van der Waals surface area contributed by atoms with Gasteiger partial charge < -0.3 is 15.6 Å². The fourth-order valence-corrected chi connectivity index (χ4v) is 2.96. The molecule has 0 unspecified atom stereocenters. The zero-order chi connectivity index (χ0) is 14.1. The minimum absolute atomic E-state index is 0.749. The summed E-state index contributed by atoms with van der Waals surface area (Å²) in [6.07, 6.45) is 2.50. The fraction of sp³-hybridized carbons (Fsp3) is 0.308. The normalized spacial score (nSPS) is 11.1. The van der Waals surface area contributed by atoms with Gasteiger partial charge in [0.2, 0.25) is 0 Å². The molecule has 0 saturated heterocycles. The first-order valence-electron chi connectivity index (χ1n) is 6.37. The molecule has 0 atom stereocenters. The number of thiazole rings is 1. The lowest BCUT2D eigenvalue weighted by molar-refractivity contribution is 0.789. The van der Waals surface area contributed by atoms with E-state index in [1.165, 1.54) is 0 Å². The number of nitrogens with zero attached hydrogens (tertiary/aromatic N) is 4. The van der Waals surface area contributed by atoms with E-state index in [1.807, 2.05) is 30.7 Å². The summed E-state index contributed by atoms with van der Waals surface area (Å²) in [6.45, 7) is 2.76. The van der Waals surface area contributed by atoms with E-state index in [0.717, 1.165) is 45.4 Å². The first kappa shape index (κ1) is 12.9. The molecule has 0 spiro atoms. The zero-order valence-electron chi connectivity index (χ0n) is 11.4. The van der Waals surface area contributed by atoms with Gasteiger partial charge >= 0.3 is 0 Å². The smallest absolute Gasteiger partial charge is 0.134 e. The standard InChI is InChI=1S/C13H16N6S/c1-8-17-11-6-10(9(14)5-12(11)20-8)15-4-3-13-18-16-7-19(13)2/h5-7,15H,3-4,14H2,1-2H3. The third-order valence-corrected chi connectivity index (χ3v) is 4.07. The van der Waals surface area contributed by atoms with Crippen LogP contribution in [0.2, 0.25) is 0 Å². The lowest BCUT2D eigenvalue weighted by Gasteiger charge is -2.09. The summed E-state index contributed by atoms with van der Waals surface area (Å²) in [5, 5.41) is 12.3. The van der Waals surface area contributed by atoms with E-state index in [0.29, 0.717) is 0 Å². The van der Waals surface area contributed by atoms with Crippen molar-refractivity contribution in [3.05, 3.63) is 29.3 Å². The molecule has 0 aliphatic carbocycles. The second-order valence-electron chi connectivity index (χ2n) is 4.67. The highest BCUT2D eigenvalue weighted by Crippen LogP contribution is 2.29. The van der Waals surface area contributed by atoms with E-state index in [-0.39, 0.29) is 0 Å². The van der Waals surface area contributed by atoms with Gasteiger partial charge in [0.05, 0.1) is 26.6 Å². The highest BCUT2D eigenvalue weighted by Gasteiger charge is 2.06. The van der Waals surface area contributed by atoms with Crippen molar-refractivity contribution < 1.29 is 0 Å². The van der Waals surface area contributed by atoms with Gasteiger partial charge in [-0.05, 0) is 19.1 Å². The molecule has 1 aromatic carbocycles. The molecule has 0 bridgehead atoms. The Morgan fingerprint density at radius 3 is 3.00 bits per heavy atom. The molecule has 3 N–H and O–H groups in total. The topological polar surface area (TPSA) is 81.7 Å². The molecule has 104 valence electrons. The predicted molar refractivity (Wildman–Crippen MR) is 82.0 cm³/mol. The van der Waals surface area contributed by atoms with Crippen molar-refractivity contribution in [2.75, 3.05) is 17.6 Å². The van der Waals surface area contributed by atoms with Crippen molar-refractivity contribution in [3.63, 3.8) is 0 Å². The molecule has 3 aromatic rings. The first-order valence-corrected chi connectivity index (χ1v) is 7.18. The number of aromatic nitrogens is 4. The third-order valence-electron chi connectivity index (χ3n) is 3.14. The molecule has 0 aliphatic heterocycles. The van der Waals surface area contributed by atoms with Gasteiger partial charge in [0.1, 0.15) is 12.2 Å². The number of aryl methyl sites for hydroxylation is 2. The summed E-state index contributed by atoms with van der Waals surface area (Å²) < 4.78 is 3.04. The SMILES string of the molecule is Cc1nc2cc(NCCc3nncn3C)c(N)cc2s1. The Bertz CT molecular complexity index is 744. The summed E-state index contributed by atoms with van der Waals surface area (Å²) in [5.41, 5.74) is 8.73. The van der Waals surface area contributed by atoms with Crippen molar-refractivity contribution >= 4 is 32.9 Å². The van der Waals surface area contributed by atoms with E-state index in [1.54, 1.807) is 17.7 Å². The van der Waals surface area contributed by atoms with Crippen LogP contribution in [0.3, 0.4) is 0 Å². The van der Waals surface area contributed by atoms with Crippen molar-refractivity contribution in [1.29, 1.82) is 0 Å². The van der Waals surface area contributed by atoms with Gasteiger partial charge in [-0.25, -0.2) is 4.98 Å². The quantitative estimate of drug-likeness (QED) is 0.717. The summed E-state index contributed by atoms with van der Waals surface area (Å²) in [5.74, 6) is 0.946. The maximum Gasteiger partial charge on any atom is 0.134 e. The molecule has 0 radical (unpaired) electrons. The van der Waals surface area contributed by atoms with Crippen molar-refractivity contribution in [3.8, 4) is 0 Å². The molecule has 0 amide bonds. The molecule has 6 nitrogen and oxygen atoms in total. The number of nitrogen functional groups attached to an aromatic ring is 1.